The topological polar surface area (TPSA) is 65.1 Å². The number of nitrogens with one attached hydrogen (secondary N) is 3. The predicted molar refractivity (Wildman–Crippen MR) is 142 cm³/mol. The summed E-state index contributed by atoms with van der Waals surface area (Å²) in [6, 6.07) is 17.1. The summed E-state index contributed by atoms with van der Waals surface area (Å²) in [6.07, 6.45) is 4.21. The number of benzene rings is 2. The van der Waals surface area contributed by atoms with Crippen LogP contribution in [0.3, 0.4) is 0 Å². The summed E-state index contributed by atoms with van der Waals surface area (Å²) in [5.41, 5.74) is 2.01. The van der Waals surface area contributed by atoms with E-state index in [2.05, 4.69) is 50.7 Å². The van der Waals surface area contributed by atoms with Gasteiger partial charge in [-0.1, -0.05) is 24.3 Å². The SMILES string of the molecule is CN(C)c1nc(N[C@H]2CC[C@@H](NC(=S)Nc3ccccc3I)CC2)nc2ccccc12. The Morgan fingerprint density at radius 2 is 1.65 bits per heavy atom. The second-order valence-electron chi connectivity index (χ2n) is 8.05. The molecule has 1 aromatic heterocycles. The number of hydrogen-bond donors (Lipinski definition) is 3. The van der Waals surface area contributed by atoms with Crippen molar-refractivity contribution in [1.29, 1.82) is 0 Å². The van der Waals surface area contributed by atoms with Crippen LogP contribution < -0.4 is 20.9 Å². The van der Waals surface area contributed by atoms with Crippen LogP contribution in [0.25, 0.3) is 10.9 Å². The molecule has 0 bridgehead atoms. The number of thiocarbonyl (C=S) groups is 1. The van der Waals surface area contributed by atoms with Crippen molar-refractivity contribution >= 4 is 68.3 Å². The van der Waals surface area contributed by atoms with Gasteiger partial charge in [0.05, 0.1) is 11.2 Å². The van der Waals surface area contributed by atoms with E-state index in [4.69, 9.17) is 22.2 Å². The van der Waals surface area contributed by atoms with Gasteiger partial charge in [-0.05, 0) is 84.8 Å². The highest BCUT2D eigenvalue weighted by atomic mass is 127. The van der Waals surface area contributed by atoms with Crippen LogP contribution in [0.5, 0.6) is 0 Å². The molecule has 1 fully saturated rings. The number of aromatic nitrogens is 2. The van der Waals surface area contributed by atoms with Crippen molar-refractivity contribution in [3.8, 4) is 0 Å². The van der Waals surface area contributed by atoms with Crippen molar-refractivity contribution in [3.63, 3.8) is 0 Å². The number of hydrogen-bond acceptors (Lipinski definition) is 5. The Bertz CT molecular complexity index is 1060. The van der Waals surface area contributed by atoms with Crippen LogP contribution in [-0.2, 0) is 0 Å². The average molecular weight is 546 g/mol. The summed E-state index contributed by atoms with van der Waals surface area (Å²) >= 11 is 7.84. The first-order chi connectivity index (χ1) is 15.0. The normalized spacial score (nSPS) is 18.4. The number of halogens is 1. The molecule has 0 saturated heterocycles. The van der Waals surface area contributed by atoms with Gasteiger partial charge in [0.2, 0.25) is 5.95 Å². The molecular formula is C23H27IN6S. The fraction of sp³-hybridized carbons (Fsp3) is 0.348. The first-order valence-electron chi connectivity index (χ1n) is 10.5. The molecule has 4 rings (SSSR count). The molecule has 0 spiro atoms. The van der Waals surface area contributed by atoms with E-state index in [-0.39, 0.29) is 0 Å². The summed E-state index contributed by atoms with van der Waals surface area (Å²) in [5, 5.41) is 12.1. The Morgan fingerprint density at radius 1 is 0.968 bits per heavy atom. The molecule has 1 heterocycles. The van der Waals surface area contributed by atoms with Gasteiger partial charge in [0.15, 0.2) is 5.11 Å². The maximum atomic E-state index is 5.53. The minimum atomic E-state index is 0.367. The molecule has 0 amide bonds. The predicted octanol–water partition coefficient (Wildman–Crippen LogP) is 5.01. The number of nitrogens with zero attached hydrogens (tertiary/aromatic N) is 3. The van der Waals surface area contributed by atoms with E-state index < -0.39 is 0 Å². The smallest absolute Gasteiger partial charge is 0.225 e. The molecule has 0 atom stereocenters. The van der Waals surface area contributed by atoms with Crippen molar-refractivity contribution in [2.45, 2.75) is 37.8 Å². The Balaban J connectivity index is 1.33. The summed E-state index contributed by atoms with van der Waals surface area (Å²) in [7, 11) is 4.03. The number of para-hydroxylation sites is 2. The van der Waals surface area contributed by atoms with Crippen LogP contribution in [0, 0.1) is 3.57 Å². The van der Waals surface area contributed by atoms with Gasteiger partial charge >= 0.3 is 0 Å². The highest BCUT2D eigenvalue weighted by molar-refractivity contribution is 14.1. The molecule has 0 aliphatic heterocycles. The van der Waals surface area contributed by atoms with Crippen LogP contribution in [0.1, 0.15) is 25.7 Å². The number of fused-ring (bicyclic) bond motifs is 1. The Hall–Kier alpha value is -2.20. The van der Waals surface area contributed by atoms with Crippen LogP contribution in [0.15, 0.2) is 48.5 Å². The molecule has 3 aromatic rings. The zero-order chi connectivity index (χ0) is 21.8. The summed E-state index contributed by atoms with van der Waals surface area (Å²) in [6.45, 7) is 0. The number of anilines is 3. The molecule has 162 valence electrons. The molecule has 1 aliphatic rings. The van der Waals surface area contributed by atoms with Crippen molar-refractivity contribution in [1.82, 2.24) is 15.3 Å². The van der Waals surface area contributed by atoms with Gasteiger partial charge in [-0.2, -0.15) is 4.98 Å². The fourth-order valence-electron chi connectivity index (χ4n) is 3.94. The Kier molecular flexibility index (Phi) is 7.06. The van der Waals surface area contributed by atoms with E-state index in [1.165, 1.54) is 0 Å². The van der Waals surface area contributed by atoms with Crippen LogP contribution in [0.2, 0.25) is 0 Å². The third kappa shape index (κ3) is 5.54. The summed E-state index contributed by atoms with van der Waals surface area (Å²) in [5.74, 6) is 1.64. The highest BCUT2D eigenvalue weighted by Gasteiger charge is 2.23. The van der Waals surface area contributed by atoms with Crippen molar-refractivity contribution in [3.05, 3.63) is 52.1 Å². The van der Waals surface area contributed by atoms with E-state index >= 15 is 0 Å². The summed E-state index contributed by atoms with van der Waals surface area (Å²) < 4.78 is 1.16. The van der Waals surface area contributed by atoms with Gasteiger partial charge in [-0.3, -0.25) is 0 Å². The molecule has 6 nitrogen and oxygen atoms in total. The van der Waals surface area contributed by atoms with Gasteiger partial charge in [0, 0.05) is 35.1 Å². The Labute approximate surface area is 202 Å². The zero-order valence-corrected chi connectivity index (χ0v) is 20.7. The van der Waals surface area contributed by atoms with E-state index in [0.717, 1.165) is 51.7 Å². The van der Waals surface area contributed by atoms with Gasteiger partial charge in [-0.25, -0.2) is 4.98 Å². The standard InChI is InChI=1S/C23H27IN6S/c1-30(2)21-17-7-3-5-9-19(17)27-22(29-21)25-15-11-13-16(14-12-15)26-23(31)28-20-10-6-4-8-18(20)24/h3-10,15-16H,11-14H2,1-2H3,(H,25,27,29)(H2,26,28,31)/t15-,16+. The lowest BCUT2D eigenvalue weighted by Gasteiger charge is -2.30. The van der Waals surface area contributed by atoms with Gasteiger partial charge in [0.25, 0.3) is 0 Å². The van der Waals surface area contributed by atoms with Crippen LogP contribution >= 0.6 is 34.8 Å². The minimum absolute atomic E-state index is 0.367. The van der Waals surface area contributed by atoms with Gasteiger partial charge in [-0.15, -0.1) is 0 Å². The third-order valence-corrected chi connectivity index (χ3v) is 6.68. The van der Waals surface area contributed by atoms with Gasteiger partial charge in [0.1, 0.15) is 5.82 Å². The second kappa shape index (κ2) is 9.95. The molecular weight excluding hydrogens is 519 g/mol. The molecule has 8 heteroatoms. The molecule has 1 saturated carbocycles. The first kappa shape index (κ1) is 22.0. The quantitative estimate of drug-likeness (QED) is 0.307. The van der Waals surface area contributed by atoms with Gasteiger partial charge < -0.3 is 20.9 Å². The summed E-state index contributed by atoms with van der Waals surface area (Å²) in [4.78, 5) is 11.6. The molecule has 3 N–H and O–H groups in total. The van der Waals surface area contributed by atoms with Crippen molar-refractivity contribution < 1.29 is 0 Å². The lowest BCUT2D eigenvalue weighted by atomic mass is 9.91. The number of rotatable bonds is 5. The lowest BCUT2D eigenvalue weighted by Crippen LogP contribution is -2.42. The largest absolute Gasteiger partial charge is 0.362 e. The fourth-order valence-corrected chi connectivity index (χ4v) is 4.74. The van der Waals surface area contributed by atoms with Crippen molar-refractivity contribution in [2.75, 3.05) is 29.6 Å². The molecule has 0 unspecified atom stereocenters. The molecule has 31 heavy (non-hydrogen) atoms. The zero-order valence-electron chi connectivity index (χ0n) is 17.7. The van der Waals surface area contributed by atoms with E-state index in [9.17, 15) is 0 Å². The lowest BCUT2D eigenvalue weighted by molar-refractivity contribution is 0.387. The van der Waals surface area contributed by atoms with Crippen LogP contribution in [-0.4, -0.2) is 41.3 Å². The maximum Gasteiger partial charge on any atom is 0.225 e. The molecule has 1 aliphatic carbocycles. The molecule has 2 aromatic carbocycles. The third-order valence-electron chi connectivity index (χ3n) is 5.52. The maximum absolute atomic E-state index is 5.53. The highest BCUT2D eigenvalue weighted by Crippen LogP contribution is 2.26. The average Bonchev–Trinajstić information content (AvgIpc) is 2.76. The van der Waals surface area contributed by atoms with E-state index in [1.807, 2.05) is 55.4 Å². The molecule has 0 radical (unpaired) electrons. The second-order valence-corrected chi connectivity index (χ2v) is 9.62. The minimum Gasteiger partial charge on any atom is -0.362 e. The van der Waals surface area contributed by atoms with Crippen LogP contribution in [0.4, 0.5) is 17.5 Å². The van der Waals surface area contributed by atoms with E-state index in [0.29, 0.717) is 23.1 Å². The van der Waals surface area contributed by atoms with E-state index in [1.54, 1.807) is 0 Å². The first-order valence-corrected chi connectivity index (χ1v) is 12.0. The monoisotopic (exact) mass is 546 g/mol. The Morgan fingerprint density at radius 3 is 2.39 bits per heavy atom. The van der Waals surface area contributed by atoms with Crippen molar-refractivity contribution in [2.24, 2.45) is 0 Å².